The third-order valence-electron chi connectivity index (χ3n) is 4.05. The third kappa shape index (κ3) is 3.88. The fourth-order valence-electron chi connectivity index (χ4n) is 2.62. The highest BCUT2D eigenvalue weighted by Gasteiger charge is 2.23. The summed E-state index contributed by atoms with van der Waals surface area (Å²) in [6, 6.07) is 9.93. The van der Waals surface area contributed by atoms with Crippen molar-refractivity contribution in [3.05, 3.63) is 41.7 Å². The molecule has 0 spiro atoms. The van der Waals surface area contributed by atoms with E-state index in [1.807, 2.05) is 35.2 Å². The van der Waals surface area contributed by atoms with E-state index in [9.17, 15) is 4.79 Å². The van der Waals surface area contributed by atoms with Crippen LogP contribution in [-0.2, 0) is 11.2 Å². The van der Waals surface area contributed by atoms with Crippen LogP contribution in [0.4, 0.5) is 5.13 Å². The molecular formula is C17H22N4OS. The number of carbonyl (C=O) groups excluding carboxylic acids is 1. The van der Waals surface area contributed by atoms with Crippen molar-refractivity contribution in [2.75, 3.05) is 31.1 Å². The van der Waals surface area contributed by atoms with Crippen LogP contribution in [0.1, 0.15) is 31.2 Å². The molecule has 1 aromatic carbocycles. The average molecular weight is 330 g/mol. The largest absolute Gasteiger partial charge is 0.343 e. The fourth-order valence-corrected chi connectivity index (χ4v) is 3.48. The molecule has 0 bridgehead atoms. The Hall–Kier alpha value is -1.95. The van der Waals surface area contributed by atoms with Crippen LogP contribution in [0.2, 0.25) is 0 Å². The van der Waals surface area contributed by atoms with Gasteiger partial charge in [0.05, 0.1) is 6.42 Å². The molecule has 0 atom stereocenters. The minimum Gasteiger partial charge on any atom is -0.343 e. The van der Waals surface area contributed by atoms with Gasteiger partial charge in [-0.15, -0.1) is 0 Å². The Kier molecular flexibility index (Phi) is 4.91. The highest BCUT2D eigenvalue weighted by molar-refractivity contribution is 7.09. The summed E-state index contributed by atoms with van der Waals surface area (Å²) in [6.45, 7) is 7.36. The monoisotopic (exact) mass is 330 g/mol. The van der Waals surface area contributed by atoms with E-state index in [0.717, 1.165) is 42.7 Å². The number of anilines is 1. The molecule has 0 aliphatic carbocycles. The maximum atomic E-state index is 12.4. The summed E-state index contributed by atoms with van der Waals surface area (Å²) in [5.74, 6) is 1.47. The lowest BCUT2D eigenvalue weighted by molar-refractivity contribution is -0.130. The predicted octanol–water partition coefficient (Wildman–Crippen LogP) is 2.55. The molecule has 2 aromatic rings. The zero-order valence-electron chi connectivity index (χ0n) is 13.6. The molecule has 0 saturated carbocycles. The summed E-state index contributed by atoms with van der Waals surface area (Å²) in [7, 11) is 0. The van der Waals surface area contributed by atoms with Crippen LogP contribution in [0.15, 0.2) is 30.3 Å². The van der Waals surface area contributed by atoms with Crippen molar-refractivity contribution < 1.29 is 4.79 Å². The molecule has 2 heterocycles. The number of aromatic nitrogens is 2. The van der Waals surface area contributed by atoms with Gasteiger partial charge in [-0.1, -0.05) is 44.2 Å². The van der Waals surface area contributed by atoms with Crippen LogP contribution in [0.5, 0.6) is 0 Å². The van der Waals surface area contributed by atoms with Crippen molar-refractivity contribution >= 4 is 22.6 Å². The number of carbonyl (C=O) groups is 1. The number of nitrogens with zero attached hydrogens (tertiary/aromatic N) is 4. The molecule has 0 N–H and O–H groups in total. The molecule has 1 fully saturated rings. The summed E-state index contributed by atoms with van der Waals surface area (Å²) in [5.41, 5.74) is 1.07. The van der Waals surface area contributed by atoms with Gasteiger partial charge in [0.15, 0.2) is 0 Å². The van der Waals surface area contributed by atoms with Crippen molar-refractivity contribution in [1.29, 1.82) is 0 Å². The van der Waals surface area contributed by atoms with Crippen molar-refractivity contribution in [3.63, 3.8) is 0 Å². The maximum absolute atomic E-state index is 12.4. The van der Waals surface area contributed by atoms with Gasteiger partial charge in [-0.25, -0.2) is 4.98 Å². The Balaban J connectivity index is 1.54. The van der Waals surface area contributed by atoms with Gasteiger partial charge < -0.3 is 9.80 Å². The zero-order valence-corrected chi connectivity index (χ0v) is 14.4. The van der Waals surface area contributed by atoms with E-state index in [0.29, 0.717) is 12.3 Å². The predicted molar refractivity (Wildman–Crippen MR) is 92.9 cm³/mol. The molecule has 1 saturated heterocycles. The smallest absolute Gasteiger partial charge is 0.227 e. The second kappa shape index (κ2) is 7.08. The van der Waals surface area contributed by atoms with Crippen molar-refractivity contribution in [3.8, 4) is 0 Å². The van der Waals surface area contributed by atoms with Crippen LogP contribution in [0, 0.1) is 0 Å². The molecule has 1 aliphatic rings. The van der Waals surface area contributed by atoms with Gasteiger partial charge in [0.2, 0.25) is 11.0 Å². The van der Waals surface area contributed by atoms with Gasteiger partial charge in [0.25, 0.3) is 0 Å². The van der Waals surface area contributed by atoms with Gasteiger partial charge in [-0.3, -0.25) is 4.79 Å². The first-order valence-electron chi connectivity index (χ1n) is 8.03. The number of hydrogen-bond acceptors (Lipinski definition) is 5. The number of piperazine rings is 1. The molecule has 1 amide bonds. The topological polar surface area (TPSA) is 49.3 Å². The average Bonchev–Trinajstić information content (AvgIpc) is 3.06. The van der Waals surface area contributed by atoms with E-state index in [1.54, 1.807) is 0 Å². The number of rotatable bonds is 4. The number of hydrogen-bond donors (Lipinski definition) is 0. The van der Waals surface area contributed by atoms with Crippen molar-refractivity contribution in [1.82, 2.24) is 14.3 Å². The fraction of sp³-hybridized carbons (Fsp3) is 0.471. The molecule has 0 unspecified atom stereocenters. The maximum Gasteiger partial charge on any atom is 0.227 e. The van der Waals surface area contributed by atoms with Gasteiger partial charge in [0, 0.05) is 43.6 Å². The summed E-state index contributed by atoms with van der Waals surface area (Å²) in [6.07, 6.45) is 0.483. The molecule has 122 valence electrons. The van der Waals surface area contributed by atoms with E-state index < -0.39 is 0 Å². The lowest BCUT2D eigenvalue weighted by Gasteiger charge is -2.34. The summed E-state index contributed by atoms with van der Waals surface area (Å²) in [4.78, 5) is 21.2. The summed E-state index contributed by atoms with van der Waals surface area (Å²) in [5, 5.41) is 0.976. The third-order valence-corrected chi connectivity index (χ3v) is 4.84. The van der Waals surface area contributed by atoms with E-state index >= 15 is 0 Å². The highest BCUT2D eigenvalue weighted by atomic mass is 32.1. The van der Waals surface area contributed by atoms with E-state index in [1.165, 1.54) is 11.5 Å². The molecular weight excluding hydrogens is 308 g/mol. The van der Waals surface area contributed by atoms with E-state index in [-0.39, 0.29) is 5.91 Å². The molecule has 3 rings (SSSR count). The lowest BCUT2D eigenvalue weighted by atomic mass is 10.1. The first-order valence-corrected chi connectivity index (χ1v) is 8.81. The van der Waals surface area contributed by atoms with Crippen molar-refractivity contribution in [2.45, 2.75) is 26.2 Å². The van der Waals surface area contributed by atoms with Crippen LogP contribution < -0.4 is 4.90 Å². The van der Waals surface area contributed by atoms with Crippen LogP contribution in [0.25, 0.3) is 0 Å². The zero-order chi connectivity index (χ0) is 16.2. The van der Waals surface area contributed by atoms with Gasteiger partial charge >= 0.3 is 0 Å². The Morgan fingerprint density at radius 2 is 1.87 bits per heavy atom. The van der Waals surface area contributed by atoms with Crippen LogP contribution in [-0.4, -0.2) is 46.3 Å². The molecule has 23 heavy (non-hydrogen) atoms. The molecule has 1 aliphatic heterocycles. The Bertz CT molecular complexity index is 648. The van der Waals surface area contributed by atoms with Gasteiger partial charge in [-0.05, 0) is 5.56 Å². The quantitative estimate of drug-likeness (QED) is 0.864. The van der Waals surface area contributed by atoms with Gasteiger partial charge in [-0.2, -0.15) is 4.37 Å². The Morgan fingerprint density at radius 1 is 1.17 bits per heavy atom. The van der Waals surface area contributed by atoms with E-state index in [2.05, 4.69) is 28.1 Å². The number of amides is 1. The van der Waals surface area contributed by atoms with Crippen LogP contribution in [0.3, 0.4) is 0 Å². The van der Waals surface area contributed by atoms with Crippen molar-refractivity contribution in [2.24, 2.45) is 0 Å². The standard InChI is InChI=1S/C17H22N4OS/c1-13(2)16-18-17(23-19-16)21-10-8-20(9-11-21)15(22)12-14-6-4-3-5-7-14/h3-7,13H,8-12H2,1-2H3. The first kappa shape index (κ1) is 15.9. The summed E-state index contributed by atoms with van der Waals surface area (Å²) < 4.78 is 4.41. The molecule has 1 aromatic heterocycles. The Labute approximate surface area is 141 Å². The lowest BCUT2D eigenvalue weighted by Crippen LogP contribution is -2.49. The van der Waals surface area contributed by atoms with E-state index in [4.69, 9.17) is 0 Å². The molecule has 0 radical (unpaired) electrons. The minimum absolute atomic E-state index is 0.205. The normalized spacial score (nSPS) is 15.3. The minimum atomic E-state index is 0.205. The van der Waals surface area contributed by atoms with Crippen LogP contribution >= 0.6 is 11.5 Å². The first-order chi connectivity index (χ1) is 11.1. The van der Waals surface area contributed by atoms with Gasteiger partial charge in [0.1, 0.15) is 5.82 Å². The summed E-state index contributed by atoms with van der Waals surface area (Å²) >= 11 is 1.46. The second-order valence-electron chi connectivity index (χ2n) is 6.12. The Morgan fingerprint density at radius 3 is 2.48 bits per heavy atom. The molecule has 5 nitrogen and oxygen atoms in total. The molecule has 6 heteroatoms. The number of benzene rings is 1. The second-order valence-corrected chi connectivity index (χ2v) is 6.85. The SMILES string of the molecule is CC(C)c1nsc(N2CCN(C(=O)Cc3ccccc3)CC2)n1. The highest BCUT2D eigenvalue weighted by Crippen LogP contribution is 2.22.